The van der Waals surface area contributed by atoms with Gasteiger partial charge in [0.05, 0.1) is 26.4 Å². The Morgan fingerprint density at radius 3 is 2.49 bits per heavy atom. The second-order valence-electron chi connectivity index (χ2n) is 17.2. The monoisotopic (exact) mass is 736 g/mol. The minimum Gasteiger partial charge on any atom is -0.496 e. The van der Waals surface area contributed by atoms with Gasteiger partial charge in [-0.05, 0) is 99.6 Å². The van der Waals surface area contributed by atoms with E-state index in [4.69, 9.17) is 9.57 Å². The number of rotatable bonds is 13. The third-order valence-electron chi connectivity index (χ3n) is 13.3. The van der Waals surface area contributed by atoms with Gasteiger partial charge >= 0.3 is 0 Å². The van der Waals surface area contributed by atoms with E-state index >= 15 is 4.39 Å². The van der Waals surface area contributed by atoms with E-state index in [1.54, 1.807) is 18.1 Å². The zero-order valence-corrected chi connectivity index (χ0v) is 32.6. The zero-order chi connectivity index (χ0) is 38.2. The minimum atomic E-state index is -0.926. The number of benzene rings is 2. The molecule has 0 radical (unpaired) electrons. The van der Waals surface area contributed by atoms with Crippen molar-refractivity contribution in [3.63, 3.8) is 0 Å². The van der Waals surface area contributed by atoms with Gasteiger partial charge in [0.25, 0.3) is 5.91 Å². The molecule has 1 heterocycles. The van der Waals surface area contributed by atoms with Crippen LogP contribution in [0.2, 0.25) is 0 Å². The van der Waals surface area contributed by atoms with Crippen LogP contribution in [0.25, 0.3) is 11.1 Å². The summed E-state index contributed by atoms with van der Waals surface area (Å²) in [5.74, 6) is 0.473. The highest BCUT2D eigenvalue weighted by atomic mass is 19.1. The molecule has 10 nitrogen and oxygen atoms in total. The van der Waals surface area contributed by atoms with Crippen LogP contribution in [-0.2, 0) is 16.2 Å². The number of nitrogens with one attached hydrogen (secondary N) is 2. The summed E-state index contributed by atoms with van der Waals surface area (Å²) in [6, 6.07) is 8.95. The maximum Gasteiger partial charge on any atom is 0.251 e. The Morgan fingerprint density at radius 2 is 1.87 bits per heavy atom. The minimum absolute atomic E-state index is 0.0158. The molecule has 2 amide bonds. The summed E-state index contributed by atoms with van der Waals surface area (Å²) in [5, 5.41) is 29.3. The lowest BCUT2D eigenvalue weighted by molar-refractivity contribution is -0.183. The number of carbonyl (C=O) groups excluding carboxylic acids is 2. The maximum atomic E-state index is 15.3. The Morgan fingerprint density at radius 1 is 1.13 bits per heavy atom. The van der Waals surface area contributed by atoms with Crippen molar-refractivity contribution in [3.05, 3.63) is 53.3 Å². The fourth-order valence-electron chi connectivity index (χ4n) is 10.2. The summed E-state index contributed by atoms with van der Waals surface area (Å²) in [5.41, 5.74) is 2.23. The molecule has 292 valence electrons. The molecule has 0 spiro atoms. The molecule has 2 aromatic rings. The number of methoxy groups -OCH3 is 1. The standard InChI is InChI=1S/C42H61FN4O6/c1-24-33-19-30(42(33,3)4)20-34(24)44-41(51)38-37(25(2)49)36(23-48)53-47(38)21-27-14-11-15-32(39(27)52-7)28-16-29(18-31(43)17-28)40(50)45-35(22-46(5)6)26-12-9-8-10-13-26/h11,14-18,24-26,30,33-38,48-49H,8-10,12-13,19-23H2,1-7H3,(H,44,51)(H,45,50)/t24-,25-,30+,33-,34-,35+,36-,37+,38-/m0/s1. The first-order valence-corrected chi connectivity index (χ1v) is 19.7. The summed E-state index contributed by atoms with van der Waals surface area (Å²) in [7, 11) is 5.53. The largest absolute Gasteiger partial charge is 0.496 e. The Hall–Kier alpha value is -3.09. The first-order valence-electron chi connectivity index (χ1n) is 19.7. The fraction of sp³-hybridized carbons (Fsp3) is 0.667. The first-order chi connectivity index (χ1) is 25.2. The fourth-order valence-corrected chi connectivity index (χ4v) is 10.2. The van der Waals surface area contributed by atoms with E-state index in [0.717, 1.165) is 32.1 Å². The molecule has 0 aromatic heterocycles. The van der Waals surface area contributed by atoms with E-state index in [1.807, 2.05) is 32.3 Å². The average molecular weight is 737 g/mol. The van der Waals surface area contributed by atoms with E-state index < -0.39 is 30.0 Å². The number of likely N-dealkylation sites (N-methyl/N-ethyl adjacent to an activating group) is 1. The predicted octanol–water partition coefficient (Wildman–Crippen LogP) is 5.40. The van der Waals surface area contributed by atoms with Gasteiger partial charge in [-0.25, -0.2) is 4.39 Å². The third-order valence-corrected chi connectivity index (χ3v) is 13.3. The highest BCUT2D eigenvalue weighted by molar-refractivity contribution is 5.96. The molecule has 4 saturated carbocycles. The molecule has 53 heavy (non-hydrogen) atoms. The summed E-state index contributed by atoms with van der Waals surface area (Å²) >= 11 is 0. The molecule has 0 unspecified atom stereocenters. The molecule has 1 saturated heterocycles. The van der Waals surface area contributed by atoms with Crippen molar-refractivity contribution < 1.29 is 33.8 Å². The Labute approximate surface area is 314 Å². The normalized spacial score (nSPS) is 29.7. The SMILES string of the molecule is COc1c(CN2O[C@@H](CO)[C@@H]([C@H](C)O)[C@H]2C(=O)N[C@H]2C[C@H]3C[C@@H]([C@@H]2C)C3(C)C)cccc1-c1cc(F)cc(C(=O)N[C@H](CN(C)C)C2CCCCC2)c1. The van der Waals surface area contributed by atoms with Gasteiger partial charge in [0.15, 0.2) is 0 Å². The lowest BCUT2D eigenvalue weighted by Crippen LogP contribution is -2.62. The second-order valence-corrected chi connectivity index (χ2v) is 17.2. The number of aliphatic hydroxyl groups excluding tert-OH is 2. The van der Waals surface area contributed by atoms with Crippen molar-refractivity contribution in [1.29, 1.82) is 0 Å². The van der Waals surface area contributed by atoms with Crippen molar-refractivity contribution in [1.82, 2.24) is 20.6 Å². The molecule has 5 fully saturated rings. The molecule has 11 heteroatoms. The molecule has 7 rings (SSSR count). The van der Waals surface area contributed by atoms with E-state index in [9.17, 15) is 19.8 Å². The molecule has 9 atom stereocenters. The summed E-state index contributed by atoms with van der Waals surface area (Å²) in [6.45, 7) is 8.93. The molecular formula is C42H61FN4O6. The predicted molar refractivity (Wildman–Crippen MR) is 202 cm³/mol. The van der Waals surface area contributed by atoms with Crippen molar-refractivity contribution in [2.24, 2.45) is 35.0 Å². The number of halogens is 1. The Balaban J connectivity index is 1.25. The van der Waals surface area contributed by atoms with Gasteiger partial charge in [-0.2, -0.15) is 5.06 Å². The average Bonchev–Trinajstić information content (AvgIpc) is 3.50. The quantitative estimate of drug-likeness (QED) is 0.216. The molecule has 4 aliphatic carbocycles. The van der Waals surface area contributed by atoms with Crippen molar-refractivity contribution >= 4 is 11.8 Å². The smallest absolute Gasteiger partial charge is 0.251 e. The summed E-state index contributed by atoms with van der Waals surface area (Å²) in [4.78, 5) is 36.2. The Bertz CT molecular complexity index is 1610. The number of nitrogens with zero attached hydrogens (tertiary/aromatic N) is 2. The highest BCUT2D eigenvalue weighted by Crippen LogP contribution is 2.61. The van der Waals surface area contributed by atoms with Crippen LogP contribution in [-0.4, -0.2) is 96.7 Å². The zero-order valence-electron chi connectivity index (χ0n) is 32.6. The van der Waals surface area contributed by atoms with Gasteiger partial charge in [-0.3, -0.25) is 14.4 Å². The van der Waals surface area contributed by atoms with Crippen LogP contribution in [0.1, 0.15) is 88.6 Å². The van der Waals surface area contributed by atoms with Crippen LogP contribution in [0, 0.1) is 40.8 Å². The number of carbonyl (C=O) groups is 2. The van der Waals surface area contributed by atoms with Crippen LogP contribution < -0.4 is 15.4 Å². The highest BCUT2D eigenvalue weighted by Gasteiger charge is 2.57. The lowest BCUT2D eigenvalue weighted by atomic mass is 9.45. The molecule has 5 aliphatic rings. The number of hydrogen-bond acceptors (Lipinski definition) is 8. The molecular weight excluding hydrogens is 675 g/mol. The summed E-state index contributed by atoms with van der Waals surface area (Å²) in [6.07, 6.45) is 6.03. The van der Waals surface area contributed by atoms with Crippen molar-refractivity contribution in [2.75, 3.05) is 34.4 Å². The Kier molecular flexibility index (Phi) is 12.2. The van der Waals surface area contributed by atoms with E-state index in [2.05, 4.69) is 36.3 Å². The maximum absolute atomic E-state index is 15.3. The van der Waals surface area contributed by atoms with Gasteiger partial charge in [0.1, 0.15) is 23.7 Å². The van der Waals surface area contributed by atoms with Crippen LogP contribution >= 0.6 is 0 Å². The van der Waals surface area contributed by atoms with E-state index in [1.165, 1.54) is 32.1 Å². The van der Waals surface area contributed by atoms with E-state index in [-0.39, 0.29) is 48.0 Å². The number of para-hydroxylation sites is 1. The lowest BCUT2D eigenvalue weighted by Gasteiger charge is -2.62. The second kappa shape index (κ2) is 16.3. The van der Waals surface area contributed by atoms with Gasteiger partial charge in [-0.15, -0.1) is 0 Å². The van der Waals surface area contributed by atoms with Crippen molar-refractivity contribution in [3.8, 4) is 16.9 Å². The third kappa shape index (κ3) is 8.15. The van der Waals surface area contributed by atoms with Gasteiger partial charge in [0, 0.05) is 41.2 Å². The first kappa shape index (κ1) is 39.6. The van der Waals surface area contributed by atoms with Gasteiger partial charge in [-0.1, -0.05) is 58.2 Å². The molecule has 4 N–H and O–H groups in total. The number of hydroxylamine groups is 2. The molecule has 1 aliphatic heterocycles. The number of amides is 2. The number of aliphatic hydroxyl groups is 2. The number of fused-ring (bicyclic) bond motifs is 2. The van der Waals surface area contributed by atoms with Gasteiger partial charge in [0.2, 0.25) is 5.91 Å². The number of ether oxygens (including phenoxy) is 1. The molecule has 2 bridgehead atoms. The van der Waals surface area contributed by atoms with Crippen LogP contribution in [0.3, 0.4) is 0 Å². The topological polar surface area (TPSA) is 124 Å². The van der Waals surface area contributed by atoms with Crippen LogP contribution in [0.5, 0.6) is 5.75 Å². The van der Waals surface area contributed by atoms with Crippen molar-refractivity contribution in [2.45, 2.75) is 110 Å². The summed E-state index contributed by atoms with van der Waals surface area (Å²) < 4.78 is 21.3. The van der Waals surface area contributed by atoms with E-state index in [0.29, 0.717) is 52.7 Å². The van der Waals surface area contributed by atoms with Crippen LogP contribution in [0.4, 0.5) is 4.39 Å². The number of hydrogen-bond donors (Lipinski definition) is 4. The molecule has 2 aromatic carbocycles. The van der Waals surface area contributed by atoms with Crippen LogP contribution in [0.15, 0.2) is 36.4 Å². The van der Waals surface area contributed by atoms with Gasteiger partial charge < -0.3 is 30.5 Å².